The molecule has 0 radical (unpaired) electrons. The number of hydrogen-bond donors (Lipinski definition) is 1. The second kappa shape index (κ2) is 7.24. The van der Waals surface area contributed by atoms with Gasteiger partial charge in [0.15, 0.2) is 5.69 Å². The molecular weight excluding hydrogens is 352 g/mol. The third-order valence-corrected chi connectivity index (χ3v) is 6.62. The molecule has 2 atom stereocenters. The van der Waals surface area contributed by atoms with Crippen molar-refractivity contribution < 1.29 is 9.53 Å². The molecule has 0 saturated carbocycles. The van der Waals surface area contributed by atoms with E-state index < -0.39 is 0 Å². The molecule has 6 nitrogen and oxygen atoms in total. The SMILES string of the molecule is COc1ccc(CN2C[C@@H]3CC[C@H](C2)N(C(=O)c2n[nH]c4c2CCC4)C3)cc1. The van der Waals surface area contributed by atoms with Gasteiger partial charge in [-0.25, -0.2) is 0 Å². The van der Waals surface area contributed by atoms with Gasteiger partial charge < -0.3 is 9.64 Å². The minimum Gasteiger partial charge on any atom is -0.497 e. The van der Waals surface area contributed by atoms with Crippen LogP contribution in [0.25, 0.3) is 0 Å². The van der Waals surface area contributed by atoms with E-state index in [1.165, 1.54) is 23.2 Å². The van der Waals surface area contributed by atoms with Gasteiger partial charge in [0, 0.05) is 43.5 Å². The molecule has 3 saturated heterocycles. The first-order chi connectivity index (χ1) is 13.7. The summed E-state index contributed by atoms with van der Waals surface area (Å²) < 4.78 is 5.26. The molecule has 2 aromatic rings. The van der Waals surface area contributed by atoms with Gasteiger partial charge in [-0.05, 0) is 55.7 Å². The number of amides is 1. The van der Waals surface area contributed by atoms with Crippen LogP contribution in [-0.4, -0.2) is 58.7 Å². The van der Waals surface area contributed by atoms with Gasteiger partial charge in [-0.15, -0.1) is 0 Å². The van der Waals surface area contributed by atoms with Gasteiger partial charge in [0.25, 0.3) is 5.91 Å². The standard InChI is InChI=1S/C22H28N4O2/c1-28-18-9-6-15(7-10-18)11-25-12-16-5-8-17(14-25)26(13-16)22(27)21-19-3-2-4-20(19)23-24-21/h6-7,9-10,16-17H,2-5,8,11-14H2,1H3,(H,23,24)/t16-,17+/m0/s1. The lowest BCUT2D eigenvalue weighted by atomic mass is 9.94. The Morgan fingerprint density at radius 1 is 1.18 bits per heavy atom. The third kappa shape index (κ3) is 3.20. The predicted molar refractivity (Wildman–Crippen MR) is 106 cm³/mol. The Morgan fingerprint density at radius 3 is 2.86 bits per heavy atom. The largest absolute Gasteiger partial charge is 0.497 e. The number of methoxy groups -OCH3 is 1. The minimum absolute atomic E-state index is 0.139. The molecule has 2 bridgehead atoms. The van der Waals surface area contributed by atoms with Gasteiger partial charge >= 0.3 is 0 Å². The van der Waals surface area contributed by atoms with Gasteiger partial charge in [-0.3, -0.25) is 14.8 Å². The number of ether oxygens (including phenoxy) is 1. The van der Waals surface area contributed by atoms with Crippen molar-refractivity contribution >= 4 is 5.91 Å². The first kappa shape index (κ1) is 17.7. The van der Waals surface area contributed by atoms with Crippen molar-refractivity contribution in [1.29, 1.82) is 0 Å². The summed E-state index contributed by atoms with van der Waals surface area (Å²) in [5.74, 6) is 1.58. The average molecular weight is 380 g/mol. The number of carbonyl (C=O) groups excluding carboxylic acids is 1. The zero-order valence-electron chi connectivity index (χ0n) is 16.5. The van der Waals surface area contributed by atoms with Crippen molar-refractivity contribution in [1.82, 2.24) is 20.0 Å². The van der Waals surface area contributed by atoms with Crippen LogP contribution < -0.4 is 4.74 Å². The molecule has 1 aromatic carbocycles. The number of nitrogens with one attached hydrogen (secondary N) is 1. The maximum atomic E-state index is 13.3. The summed E-state index contributed by atoms with van der Waals surface area (Å²) in [5, 5.41) is 7.49. The van der Waals surface area contributed by atoms with Crippen molar-refractivity contribution in [2.45, 2.75) is 44.7 Å². The minimum atomic E-state index is 0.139. The molecular formula is C22H28N4O2. The van der Waals surface area contributed by atoms with Crippen LogP contribution in [0.15, 0.2) is 24.3 Å². The van der Waals surface area contributed by atoms with E-state index in [9.17, 15) is 4.79 Å². The predicted octanol–water partition coefficient (Wildman–Crippen LogP) is 2.64. The first-order valence-corrected chi connectivity index (χ1v) is 10.4. The van der Waals surface area contributed by atoms with E-state index in [4.69, 9.17) is 4.74 Å². The summed E-state index contributed by atoms with van der Waals surface area (Å²) in [6, 6.07) is 8.62. The molecule has 3 aliphatic heterocycles. The Kier molecular flexibility index (Phi) is 4.59. The average Bonchev–Trinajstić information content (AvgIpc) is 3.23. The van der Waals surface area contributed by atoms with Gasteiger partial charge in [0.1, 0.15) is 5.75 Å². The Morgan fingerprint density at radius 2 is 2.04 bits per heavy atom. The molecule has 4 heterocycles. The summed E-state index contributed by atoms with van der Waals surface area (Å²) in [5.41, 5.74) is 4.32. The van der Waals surface area contributed by atoms with Gasteiger partial charge in [0.2, 0.25) is 0 Å². The number of aromatic nitrogens is 2. The van der Waals surface area contributed by atoms with Crippen LogP contribution in [-0.2, 0) is 19.4 Å². The number of aromatic amines is 1. The maximum absolute atomic E-state index is 13.3. The molecule has 28 heavy (non-hydrogen) atoms. The second-order valence-electron chi connectivity index (χ2n) is 8.48. The smallest absolute Gasteiger partial charge is 0.274 e. The number of nitrogens with zero attached hydrogens (tertiary/aromatic N) is 3. The number of benzene rings is 1. The molecule has 0 spiro atoms. The van der Waals surface area contributed by atoms with E-state index >= 15 is 0 Å². The van der Waals surface area contributed by atoms with Crippen LogP contribution in [0.2, 0.25) is 0 Å². The lowest BCUT2D eigenvalue weighted by Crippen LogP contribution is -2.47. The zero-order chi connectivity index (χ0) is 19.1. The van der Waals surface area contributed by atoms with E-state index in [-0.39, 0.29) is 5.91 Å². The van der Waals surface area contributed by atoms with Gasteiger partial charge in [0.05, 0.1) is 7.11 Å². The van der Waals surface area contributed by atoms with E-state index in [0.717, 1.165) is 57.6 Å². The van der Waals surface area contributed by atoms with E-state index in [1.807, 2.05) is 12.1 Å². The molecule has 0 unspecified atom stereocenters. The highest BCUT2D eigenvalue weighted by Crippen LogP contribution is 2.31. The quantitative estimate of drug-likeness (QED) is 0.886. The number of rotatable bonds is 4. The molecule has 1 aliphatic carbocycles. The topological polar surface area (TPSA) is 61.5 Å². The number of hydrogen-bond acceptors (Lipinski definition) is 4. The van der Waals surface area contributed by atoms with Crippen LogP contribution >= 0.6 is 0 Å². The molecule has 4 aliphatic rings. The summed E-state index contributed by atoms with van der Waals surface area (Å²) in [6.45, 7) is 3.80. The molecule has 1 amide bonds. The molecule has 148 valence electrons. The summed E-state index contributed by atoms with van der Waals surface area (Å²) in [4.78, 5) is 18.0. The molecule has 6 rings (SSSR count). The summed E-state index contributed by atoms with van der Waals surface area (Å²) in [7, 11) is 1.70. The highest BCUT2D eigenvalue weighted by atomic mass is 16.5. The molecule has 1 aromatic heterocycles. The van der Waals surface area contributed by atoms with Crippen molar-refractivity contribution in [3.05, 3.63) is 46.8 Å². The first-order valence-electron chi connectivity index (χ1n) is 10.4. The lowest BCUT2D eigenvalue weighted by molar-refractivity contribution is 0.0577. The Balaban J connectivity index is 1.31. The van der Waals surface area contributed by atoms with Crippen LogP contribution in [0.3, 0.4) is 0 Å². The zero-order valence-corrected chi connectivity index (χ0v) is 16.5. The maximum Gasteiger partial charge on any atom is 0.274 e. The lowest BCUT2D eigenvalue weighted by Gasteiger charge is -2.36. The number of piperidine rings is 1. The fourth-order valence-corrected chi connectivity index (χ4v) is 5.18. The van der Waals surface area contributed by atoms with Crippen LogP contribution in [0.1, 0.15) is 46.6 Å². The Hall–Kier alpha value is -2.34. The molecule has 6 heteroatoms. The van der Waals surface area contributed by atoms with Crippen LogP contribution in [0.5, 0.6) is 5.75 Å². The van der Waals surface area contributed by atoms with Crippen LogP contribution in [0, 0.1) is 5.92 Å². The monoisotopic (exact) mass is 380 g/mol. The number of carbonyl (C=O) groups is 1. The fourth-order valence-electron chi connectivity index (χ4n) is 5.18. The fraction of sp³-hybridized carbons (Fsp3) is 0.545. The number of aryl methyl sites for hydroxylation is 1. The summed E-state index contributed by atoms with van der Waals surface area (Å²) in [6.07, 6.45) is 5.45. The molecule has 3 fully saturated rings. The van der Waals surface area contributed by atoms with E-state index in [0.29, 0.717) is 17.7 Å². The number of H-pyrrole nitrogens is 1. The highest BCUT2D eigenvalue weighted by molar-refractivity contribution is 5.94. The Bertz CT molecular complexity index is 860. The van der Waals surface area contributed by atoms with Crippen molar-refractivity contribution in [2.24, 2.45) is 5.92 Å². The summed E-state index contributed by atoms with van der Waals surface area (Å²) >= 11 is 0. The van der Waals surface area contributed by atoms with E-state index in [2.05, 4.69) is 32.1 Å². The Labute approximate surface area is 165 Å². The van der Waals surface area contributed by atoms with Gasteiger partial charge in [-0.2, -0.15) is 5.10 Å². The van der Waals surface area contributed by atoms with Crippen molar-refractivity contribution in [3.63, 3.8) is 0 Å². The van der Waals surface area contributed by atoms with E-state index in [1.54, 1.807) is 7.11 Å². The highest BCUT2D eigenvalue weighted by Gasteiger charge is 2.39. The van der Waals surface area contributed by atoms with Crippen molar-refractivity contribution in [3.8, 4) is 5.75 Å². The van der Waals surface area contributed by atoms with Gasteiger partial charge in [-0.1, -0.05) is 12.1 Å². The van der Waals surface area contributed by atoms with Crippen LogP contribution in [0.4, 0.5) is 0 Å². The normalized spacial score (nSPS) is 24.2. The third-order valence-electron chi connectivity index (χ3n) is 6.62. The second-order valence-corrected chi connectivity index (χ2v) is 8.48. The van der Waals surface area contributed by atoms with Crippen molar-refractivity contribution in [2.75, 3.05) is 26.7 Å². The number of fused-ring (bicyclic) bond motifs is 5. The molecule has 1 N–H and O–H groups in total.